The van der Waals surface area contributed by atoms with E-state index in [1.54, 1.807) is 12.1 Å². The van der Waals surface area contributed by atoms with Crippen LogP contribution in [0.25, 0.3) is 11.0 Å². The normalized spacial score (nSPS) is 12.0. The molecule has 0 fully saturated rings. The highest BCUT2D eigenvalue weighted by atomic mass is 19.1. The molecule has 0 aliphatic carbocycles. The van der Waals surface area contributed by atoms with Gasteiger partial charge in [-0.2, -0.15) is 0 Å². The average Bonchev–Trinajstić information content (AvgIpc) is 3.30. The first kappa shape index (κ1) is 26.0. The second-order valence-electron chi connectivity index (χ2n) is 9.45. The summed E-state index contributed by atoms with van der Waals surface area (Å²) in [7, 11) is 0. The van der Waals surface area contributed by atoms with Gasteiger partial charge in [-0.25, -0.2) is 9.07 Å². The lowest BCUT2D eigenvalue weighted by molar-refractivity contribution is -0.127. The maximum atomic E-state index is 14.0. The lowest BCUT2D eigenvalue weighted by atomic mass is 10.0. The summed E-state index contributed by atoms with van der Waals surface area (Å²) < 4.78 is 15.3. The van der Waals surface area contributed by atoms with Crippen molar-refractivity contribution in [2.75, 3.05) is 11.4 Å². The highest BCUT2D eigenvalue weighted by Crippen LogP contribution is 2.29. The molecule has 1 heterocycles. The molecule has 8 heteroatoms. The number of anilines is 1. The van der Waals surface area contributed by atoms with Crippen LogP contribution >= 0.6 is 0 Å². The fourth-order valence-electron chi connectivity index (χ4n) is 4.21. The fraction of sp³-hybridized carbons (Fsp3) is 0.310. The number of hydrogen-bond donors (Lipinski definition) is 1. The van der Waals surface area contributed by atoms with Crippen LogP contribution in [0.2, 0.25) is 0 Å². The van der Waals surface area contributed by atoms with Crippen LogP contribution in [0.3, 0.4) is 0 Å². The van der Waals surface area contributed by atoms with E-state index in [9.17, 15) is 14.0 Å². The molecule has 0 radical (unpaired) electrons. The van der Waals surface area contributed by atoms with Gasteiger partial charge in [0, 0.05) is 12.2 Å². The van der Waals surface area contributed by atoms with Crippen molar-refractivity contribution < 1.29 is 14.0 Å². The van der Waals surface area contributed by atoms with E-state index in [1.807, 2.05) is 48.5 Å². The molecule has 0 aliphatic rings. The number of fused-ring (bicyclic) bond motifs is 1. The Balaban J connectivity index is 1.76. The number of amides is 2. The van der Waals surface area contributed by atoms with Gasteiger partial charge in [0.1, 0.15) is 23.9 Å². The maximum absolute atomic E-state index is 14.0. The number of hydrogen-bond acceptors (Lipinski definition) is 4. The van der Waals surface area contributed by atoms with Crippen molar-refractivity contribution in [2.24, 2.45) is 5.92 Å². The zero-order valence-electron chi connectivity index (χ0n) is 21.4. The molecule has 4 aromatic rings. The van der Waals surface area contributed by atoms with E-state index in [4.69, 9.17) is 0 Å². The second-order valence-corrected chi connectivity index (χ2v) is 9.45. The summed E-state index contributed by atoms with van der Waals surface area (Å²) in [4.78, 5) is 29.1. The SMILES string of the molecule is CCc1ccc(N(C(=O)Cn2nnc3ccccc32)[C@H](C(=O)NCCC(C)C)c2ccc(F)cc2)cc1. The van der Waals surface area contributed by atoms with Crippen molar-refractivity contribution >= 4 is 28.5 Å². The van der Waals surface area contributed by atoms with Gasteiger partial charge in [-0.05, 0) is 66.3 Å². The molecule has 0 bridgehead atoms. The minimum atomic E-state index is -0.998. The van der Waals surface area contributed by atoms with Crippen LogP contribution in [-0.2, 0) is 22.6 Å². The first-order valence-electron chi connectivity index (χ1n) is 12.6. The van der Waals surface area contributed by atoms with E-state index in [2.05, 4.69) is 36.4 Å². The minimum absolute atomic E-state index is 0.118. The van der Waals surface area contributed by atoms with Crippen molar-refractivity contribution in [2.45, 2.75) is 46.2 Å². The predicted octanol–water partition coefficient (Wildman–Crippen LogP) is 5.07. The number of halogens is 1. The Bertz CT molecular complexity index is 1350. The fourth-order valence-corrected chi connectivity index (χ4v) is 4.21. The van der Waals surface area contributed by atoms with Gasteiger partial charge in [-0.1, -0.05) is 62.4 Å². The quantitative estimate of drug-likeness (QED) is 0.329. The first-order valence-corrected chi connectivity index (χ1v) is 12.6. The maximum Gasteiger partial charge on any atom is 0.249 e. The van der Waals surface area contributed by atoms with E-state index >= 15 is 0 Å². The smallest absolute Gasteiger partial charge is 0.249 e. The molecule has 1 atom stereocenters. The summed E-state index contributed by atoms with van der Waals surface area (Å²) >= 11 is 0. The van der Waals surface area contributed by atoms with Crippen LogP contribution in [-0.4, -0.2) is 33.4 Å². The molecule has 1 N–H and O–H groups in total. The summed E-state index contributed by atoms with van der Waals surface area (Å²) in [6.45, 7) is 6.57. The van der Waals surface area contributed by atoms with Gasteiger partial charge in [0.15, 0.2) is 0 Å². The van der Waals surface area contributed by atoms with Crippen LogP contribution in [0.5, 0.6) is 0 Å². The van der Waals surface area contributed by atoms with Gasteiger partial charge in [-0.3, -0.25) is 14.5 Å². The van der Waals surface area contributed by atoms with E-state index in [-0.39, 0.29) is 18.4 Å². The number of carbonyl (C=O) groups excluding carboxylic acids is 2. The number of nitrogens with zero attached hydrogens (tertiary/aromatic N) is 4. The standard InChI is InChI=1S/C29H32FN5O2/c1-4-21-9-15-24(16-10-21)35(27(36)19-34-26-8-6-5-7-25(26)32-33-34)28(22-11-13-23(30)14-12-22)29(37)31-18-17-20(2)3/h5-16,20,28H,4,17-19H2,1-3H3,(H,31,37)/t28-/m0/s1. The Morgan fingerprint density at radius 1 is 1.00 bits per heavy atom. The van der Waals surface area contributed by atoms with E-state index in [1.165, 1.54) is 21.7 Å². The van der Waals surface area contributed by atoms with Crippen molar-refractivity contribution in [1.82, 2.24) is 20.3 Å². The van der Waals surface area contributed by atoms with Crippen LogP contribution in [0.15, 0.2) is 72.8 Å². The highest BCUT2D eigenvalue weighted by Gasteiger charge is 2.33. The first-order chi connectivity index (χ1) is 17.9. The molecule has 2 amide bonds. The molecule has 192 valence electrons. The van der Waals surface area contributed by atoms with E-state index in [0.717, 1.165) is 23.9 Å². The number of para-hydroxylation sites is 1. The minimum Gasteiger partial charge on any atom is -0.354 e. The lowest BCUT2D eigenvalue weighted by Crippen LogP contribution is -2.45. The molecule has 0 unspecified atom stereocenters. The van der Waals surface area contributed by atoms with Gasteiger partial charge in [0.05, 0.1) is 5.52 Å². The number of rotatable bonds is 10. The van der Waals surface area contributed by atoms with Crippen molar-refractivity contribution in [3.63, 3.8) is 0 Å². The van der Waals surface area contributed by atoms with Gasteiger partial charge < -0.3 is 5.32 Å². The summed E-state index contributed by atoms with van der Waals surface area (Å²) in [6, 6.07) is 19.7. The van der Waals surface area contributed by atoms with Crippen LogP contribution in [0.1, 0.15) is 44.4 Å². The number of carbonyl (C=O) groups is 2. The molecule has 7 nitrogen and oxygen atoms in total. The second kappa shape index (κ2) is 11.8. The summed E-state index contributed by atoms with van der Waals surface area (Å²) in [6.07, 6.45) is 1.64. The topological polar surface area (TPSA) is 80.1 Å². The Labute approximate surface area is 216 Å². The zero-order chi connectivity index (χ0) is 26.4. The zero-order valence-corrected chi connectivity index (χ0v) is 21.4. The lowest BCUT2D eigenvalue weighted by Gasteiger charge is -2.32. The van der Waals surface area contributed by atoms with Crippen molar-refractivity contribution in [3.8, 4) is 0 Å². The Kier molecular flexibility index (Phi) is 8.28. The molecule has 37 heavy (non-hydrogen) atoms. The third kappa shape index (κ3) is 6.20. The largest absolute Gasteiger partial charge is 0.354 e. The van der Waals surface area contributed by atoms with Crippen molar-refractivity contribution in [3.05, 3.63) is 89.7 Å². The van der Waals surface area contributed by atoms with Crippen LogP contribution in [0, 0.1) is 11.7 Å². The molecule has 0 saturated heterocycles. The Morgan fingerprint density at radius 2 is 1.70 bits per heavy atom. The van der Waals surface area contributed by atoms with Crippen LogP contribution in [0.4, 0.5) is 10.1 Å². The average molecular weight is 502 g/mol. The van der Waals surface area contributed by atoms with Gasteiger partial charge in [-0.15, -0.1) is 5.10 Å². The van der Waals surface area contributed by atoms with Crippen molar-refractivity contribution in [1.29, 1.82) is 0 Å². The number of nitrogens with one attached hydrogen (secondary N) is 1. The summed E-state index contributed by atoms with van der Waals surface area (Å²) in [5, 5.41) is 11.3. The highest BCUT2D eigenvalue weighted by molar-refractivity contribution is 6.01. The molecule has 1 aromatic heterocycles. The summed E-state index contributed by atoms with van der Waals surface area (Å²) in [5.41, 5.74) is 3.59. The monoisotopic (exact) mass is 501 g/mol. The predicted molar refractivity (Wildman–Crippen MR) is 142 cm³/mol. The third-order valence-corrected chi connectivity index (χ3v) is 6.31. The number of aromatic nitrogens is 3. The number of aryl methyl sites for hydroxylation is 1. The molecule has 3 aromatic carbocycles. The van der Waals surface area contributed by atoms with Gasteiger partial charge in [0.25, 0.3) is 0 Å². The molecule has 0 spiro atoms. The van der Waals surface area contributed by atoms with E-state index in [0.29, 0.717) is 29.2 Å². The summed E-state index contributed by atoms with van der Waals surface area (Å²) in [5.74, 6) is -0.677. The van der Waals surface area contributed by atoms with Crippen LogP contribution < -0.4 is 10.2 Å². The molecule has 0 saturated carbocycles. The molecule has 0 aliphatic heterocycles. The molecular weight excluding hydrogens is 469 g/mol. The third-order valence-electron chi connectivity index (χ3n) is 6.31. The van der Waals surface area contributed by atoms with E-state index < -0.39 is 11.9 Å². The van der Waals surface area contributed by atoms with Gasteiger partial charge >= 0.3 is 0 Å². The number of benzene rings is 3. The Morgan fingerprint density at radius 3 is 2.38 bits per heavy atom. The Hall–Kier alpha value is -4.07. The molecular formula is C29H32FN5O2. The molecule has 4 rings (SSSR count). The van der Waals surface area contributed by atoms with Gasteiger partial charge in [0.2, 0.25) is 11.8 Å².